The minimum Gasteiger partial charge on any atom is -0.444 e. The van der Waals surface area contributed by atoms with Crippen LogP contribution in [-0.2, 0) is 16.0 Å². The van der Waals surface area contributed by atoms with Gasteiger partial charge in [-0.05, 0) is 65.0 Å². The smallest absolute Gasteiger partial charge is 0.410 e. The summed E-state index contributed by atoms with van der Waals surface area (Å²) in [5, 5.41) is 5.97. The Bertz CT molecular complexity index is 1230. The molecular weight excluding hydrogens is 492 g/mol. The highest BCUT2D eigenvalue weighted by Gasteiger charge is 2.31. The average Bonchev–Trinajstić information content (AvgIpc) is 3.35. The summed E-state index contributed by atoms with van der Waals surface area (Å²) in [4.78, 5) is 25.9. The maximum absolute atomic E-state index is 12.6. The zero-order valence-electron chi connectivity index (χ0n) is 21.8. The molecule has 1 unspecified atom stereocenters. The number of rotatable bonds is 5. The first kappa shape index (κ1) is 25.7. The molecular formula is C27H35ClN6O3. The van der Waals surface area contributed by atoms with E-state index < -0.39 is 5.60 Å². The van der Waals surface area contributed by atoms with Gasteiger partial charge in [-0.25, -0.2) is 19.4 Å². The molecule has 0 aliphatic carbocycles. The Labute approximate surface area is 222 Å². The van der Waals surface area contributed by atoms with Crippen molar-refractivity contribution in [1.29, 1.82) is 0 Å². The highest BCUT2D eigenvalue weighted by Crippen LogP contribution is 2.28. The van der Waals surface area contributed by atoms with Gasteiger partial charge in [0.25, 0.3) is 0 Å². The number of amides is 1. The van der Waals surface area contributed by atoms with E-state index in [0.717, 1.165) is 61.0 Å². The van der Waals surface area contributed by atoms with Crippen LogP contribution in [0.2, 0.25) is 5.15 Å². The van der Waals surface area contributed by atoms with Gasteiger partial charge in [-0.15, -0.1) is 0 Å². The Hall–Kier alpha value is -2.91. The Morgan fingerprint density at radius 1 is 1.19 bits per heavy atom. The number of pyridine rings is 2. The van der Waals surface area contributed by atoms with Crippen molar-refractivity contribution in [3.05, 3.63) is 47.5 Å². The van der Waals surface area contributed by atoms with Crippen LogP contribution in [0, 0.1) is 0 Å². The number of ether oxygens (including phenoxy) is 2. The zero-order valence-corrected chi connectivity index (χ0v) is 22.5. The van der Waals surface area contributed by atoms with E-state index >= 15 is 0 Å². The molecule has 37 heavy (non-hydrogen) atoms. The standard InChI is InChI=1S/C27H35ClN6O3/c1-27(2,3)37-26(35)32-11-9-21(10-12-32)33(24-8-7-20-16-29-23(28)14-22(20)31-24)17-19-15-30-34(18-19)25-6-4-5-13-36-25/h7-8,14-16,18,21,25H,4-6,9-13,17H2,1-3H3. The van der Waals surface area contributed by atoms with Gasteiger partial charge in [0.2, 0.25) is 0 Å². The Balaban J connectivity index is 1.37. The Morgan fingerprint density at radius 3 is 2.73 bits per heavy atom. The summed E-state index contributed by atoms with van der Waals surface area (Å²) in [7, 11) is 0. The third-order valence-corrected chi connectivity index (χ3v) is 7.04. The summed E-state index contributed by atoms with van der Waals surface area (Å²) in [6, 6.07) is 6.06. The van der Waals surface area contributed by atoms with Crippen LogP contribution in [0.5, 0.6) is 0 Å². The van der Waals surface area contributed by atoms with Crippen molar-refractivity contribution in [3.8, 4) is 0 Å². The number of likely N-dealkylation sites (tertiary alicyclic amines) is 1. The molecule has 2 aliphatic heterocycles. The molecule has 2 saturated heterocycles. The summed E-state index contributed by atoms with van der Waals surface area (Å²) in [6.07, 6.45) is 10.4. The number of hydrogen-bond acceptors (Lipinski definition) is 7. The lowest BCUT2D eigenvalue weighted by molar-refractivity contribution is -0.0395. The molecule has 5 rings (SSSR count). The van der Waals surface area contributed by atoms with Gasteiger partial charge in [0, 0.05) is 61.7 Å². The first-order chi connectivity index (χ1) is 17.7. The van der Waals surface area contributed by atoms with Crippen molar-refractivity contribution in [1.82, 2.24) is 24.6 Å². The minimum absolute atomic E-state index is 0.00135. The van der Waals surface area contributed by atoms with Crippen LogP contribution >= 0.6 is 11.6 Å². The highest BCUT2D eigenvalue weighted by molar-refractivity contribution is 6.30. The van der Waals surface area contributed by atoms with Gasteiger partial charge in [0.05, 0.1) is 11.7 Å². The van der Waals surface area contributed by atoms with Gasteiger partial charge in [-0.1, -0.05) is 11.6 Å². The maximum atomic E-state index is 12.6. The van der Waals surface area contributed by atoms with E-state index in [4.69, 9.17) is 26.1 Å². The van der Waals surface area contributed by atoms with Gasteiger partial charge in [0.15, 0.2) is 0 Å². The second-order valence-electron chi connectivity index (χ2n) is 10.8. The van der Waals surface area contributed by atoms with Crippen LogP contribution in [0.15, 0.2) is 36.8 Å². The molecule has 0 radical (unpaired) electrons. The monoisotopic (exact) mass is 526 g/mol. The molecule has 0 N–H and O–H groups in total. The van der Waals surface area contributed by atoms with E-state index in [-0.39, 0.29) is 18.4 Å². The van der Waals surface area contributed by atoms with Crippen LogP contribution in [-0.4, -0.2) is 62.1 Å². The van der Waals surface area contributed by atoms with Crippen molar-refractivity contribution in [2.24, 2.45) is 0 Å². The molecule has 9 nitrogen and oxygen atoms in total. The van der Waals surface area contributed by atoms with E-state index in [2.05, 4.69) is 21.2 Å². The fourth-order valence-electron chi connectivity index (χ4n) is 4.97. The Morgan fingerprint density at radius 2 is 2.00 bits per heavy atom. The van der Waals surface area contributed by atoms with E-state index in [1.807, 2.05) is 43.8 Å². The number of anilines is 1. The quantitative estimate of drug-likeness (QED) is 0.401. The average molecular weight is 527 g/mol. The van der Waals surface area contributed by atoms with Crippen molar-refractivity contribution >= 4 is 34.4 Å². The molecule has 2 fully saturated rings. The maximum Gasteiger partial charge on any atom is 0.410 e. The highest BCUT2D eigenvalue weighted by atomic mass is 35.5. The lowest BCUT2D eigenvalue weighted by Gasteiger charge is -2.39. The molecule has 0 aromatic carbocycles. The van der Waals surface area contributed by atoms with E-state index in [1.54, 1.807) is 17.2 Å². The largest absolute Gasteiger partial charge is 0.444 e. The number of fused-ring (bicyclic) bond motifs is 1. The summed E-state index contributed by atoms with van der Waals surface area (Å²) in [5.74, 6) is 0.868. The number of aromatic nitrogens is 4. The van der Waals surface area contributed by atoms with Crippen LogP contribution < -0.4 is 4.90 Å². The topological polar surface area (TPSA) is 85.6 Å². The summed E-state index contributed by atoms with van der Waals surface area (Å²) >= 11 is 6.16. The fourth-order valence-corrected chi connectivity index (χ4v) is 5.12. The van der Waals surface area contributed by atoms with Crippen molar-refractivity contribution < 1.29 is 14.3 Å². The molecule has 5 heterocycles. The van der Waals surface area contributed by atoms with E-state index in [9.17, 15) is 4.79 Å². The van der Waals surface area contributed by atoms with Crippen molar-refractivity contribution in [2.45, 2.75) is 77.3 Å². The normalized spacial score (nSPS) is 19.2. The van der Waals surface area contributed by atoms with E-state index in [0.29, 0.717) is 24.8 Å². The summed E-state index contributed by atoms with van der Waals surface area (Å²) < 4.78 is 13.5. The molecule has 1 atom stereocenters. The predicted molar refractivity (Wildman–Crippen MR) is 143 cm³/mol. The third-order valence-electron chi connectivity index (χ3n) is 6.84. The second kappa shape index (κ2) is 10.8. The molecule has 1 amide bonds. The zero-order chi connectivity index (χ0) is 26.0. The molecule has 0 spiro atoms. The van der Waals surface area contributed by atoms with Crippen LogP contribution in [0.1, 0.15) is 64.7 Å². The first-order valence-electron chi connectivity index (χ1n) is 13.1. The summed E-state index contributed by atoms with van der Waals surface area (Å²) in [5.41, 5.74) is 1.39. The Kier molecular flexibility index (Phi) is 7.53. The van der Waals surface area contributed by atoms with Gasteiger partial charge in [-0.3, -0.25) is 0 Å². The molecule has 0 bridgehead atoms. The number of piperidine rings is 1. The number of carbonyl (C=O) groups excluding carboxylic acids is 1. The minimum atomic E-state index is -0.507. The van der Waals surface area contributed by atoms with Gasteiger partial charge in [0.1, 0.15) is 22.8 Å². The molecule has 198 valence electrons. The molecule has 3 aromatic heterocycles. The lowest BCUT2D eigenvalue weighted by Crippen LogP contribution is -2.48. The number of carbonyl (C=O) groups is 1. The second-order valence-corrected chi connectivity index (χ2v) is 11.2. The molecule has 3 aromatic rings. The molecule has 0 saturated carbocycles. The van der Waals surface area contributed by atoms with Gasteiger partial charge >= 0.3 is 6.09 Å². The van der Waals surface area contributed by atoms with Crippen LogP contribution in [0.25, 0.3) is 10.9 Å². The van der Waals surface area contributed by atoms with Crippen LogP contribution in [0.3, 0.4) is 0 Å². The molecule has 10 heteroatoms. The first-order valence-corrected chi connectivity index (χ1v) is 13.4. The van der Waals surface area contributed by atoms with E-state index in [1.165, 1.54) is 0 Å². The third kappa shape index (κ3) is 6.33. The van der Waals surface area contributed by atoms with Crippen LogP contribution in [0.4, 0.5) is 10.6 Å². The fraction of sp³-hybridized carbons (Fsp3) is 0.556. The predicted octanol–water partition coefficient (Wildman–Crippen LogP) is 5.58. The summed E-state index contributed by atoms with van der Waals surface area (Å²) in [6.45, 7) is 8.38. The van der Waals surface area contributed by atoms with Gasteiger partial charge < -0.3 is 19.3 Å². The number of hydrogen-bond donors (Lipinski definition) is 0. The SMILES string of the molecule is CC(C)(C)OC(=O)N1CCC(N(Cc2cnn(C3CCCCO3)c2)c2ccc3cnc(Cl)cc3n2)CC1. The number of nitrogens with zero attached hydrogens (tertiary/aromatic N) is 6. The van der Waals surface area contributed by atoms with Crippen molar-refractivity contribution in [2.75, 3.05) is 24.6 Å². The van der Waals surface area contributed by atoms with Crippen molar-refractivity contribution in [3.63, 3.8) is 0 Å². The lowest BCUT2D eigenvalue weighted by atomic mass is 10.0. The number of halogens is 1. The van der Waals surface area contributed by atoms with Gasteiger partial charge in [-0.2, -0.15) is 5.10 Å². The molecule has 2 aliphatic rings.